The second-order valence-corrected chi connectivity index (χ2v) is 8.25. The molecule has 0 aliphatic carbocycles. The lowest BCUT2D eigenvalue weighted by molar-refractivity contribution is 0.312. The first kappa shape index (κ1) is 20.2. The number of piperazine rings is 1. The monoisotopic (exact) mass is 429 g/mol. The highest BCUT2D eigenvalue weighted by atomic mass is 15.3. The highest BCUT2D eigenvalue weighted by Crippen LogP contribution is 2.24. The fraction of sp³-hybridized carbons (Fsp3) is 0.304. The number of nitrogens with one attached hydrogen (secondary N) is 2. The van der Waals surface area contributed by atoms with Crippen molar-refractivity contribution in [1.82, 2.24) is 29.2 Å². The highest BCUT2D eigenvalue weighted by Gasteiger charge is 2.18. The predicted molar refractivity (Wildman–Crippen MR) is 127 cm³/mol. The molecule has 0 radical (unpaired) electrons. The Morgan fingerprint density at radius 2 is 1.66 bits per heavy atom. The molecule has 0 bridgehead atoms. The normalized spacial score (nSPS) is 14.7. The Morgan fingerprint density at radius 3 is 2.47 bits per heavy atom. The van der Waals surface area contributed by atoms with Gasteiger partial charge in [0.05, 0.1) is 0 Å². The number of imidazole rings is 1. The first-order valence-electron chi connectivity index (χ1n) is 10.8. The van der Waals surface area contributed by atoms with Crippen molar-refractivity contribution in [3.63, 3.8) is 0 Å². The Bertz CT molecular complexity index is 1220. The van der Waals surface area contributed by atoms with Crippen molar-refractivity contribution in [2.45, 2.75) is 13.8 Å². The van der Waals surface area contributed by atoms with E-state index in [9.17, 15) is 0 Å². The molecule has 4 aromatic heterocycles. The number of rotatable bonds is 5. The fourth-order valence-corrected chi connectivity index (χ4v) is 3.91. The summed E-state index contributed by atoms with van der Waals surface area (Å²) >= 11 is 0. The lowest BCUT2D eigenvalue weighted by Crippen LogP contribution is -2.44. The molecule has 0 aromatic carbocycles. The number of fused-ring (bicyclic) bond motifs is 1. The van der Waals surface area contributed by atoms with Gasteiger partial charge in [-0.1, -0.05) is 0 Å². The average molecular weight is 430 g/mol. The maximum Gasteiger partial charge on any atom is 0.232 e. The number of pyridine rings is 2. The summed E-state index contributed by atoms with van der Waals surface area (Å²) in [4.78, 5) is 23.1. The third kappa shape index (κ3) is 4.47. The van der Waals surface area contributed by atoms with Gasteiger partial charge < -0.3 is 24.8 Å². The average Bonchev–Trinajstić information content (AvgIpc) is 3.21. The Labute approximate surface area is 187 Å². The maximum absolute atomic E-state index is 4.81. The van der Waals surface area contributed by atoms with Crippen molar-refractivity contribution in [2.24, 2.45) is 0 Å². The van der Waals surface area contributed by atoms with Gasteiger partial charge in [-0.2, -0.15) is 9.97 Å². The van der Waals surface area contributed by atoms with Crippen molar-refractivity contribution < 1.29 is 0 Å². The van der Waals surface area contributed by atoms with Crippen molar-refractivity contribution in [3.05, 3.63) is 60.2 Å². The second kappa shape index (κ2) is 8.43. The molecule has 9 heteroatoms. The Hall–Kier alpha value is -3.72. The van der Waals surface area contributed by atoms with E-state index < -0.39 is 0 Å². The minimum absolute atomic E-state index is 0.517. The van der Waals surface area contributed by atoms with E-state index in [2.05, 4.69) is 44.4 Å². The molecule has 9 nitrogen and oxygen atoms in total. The van der Waals surface area contributed by atoms with Crippen LogP contribution in [0.1, 0.15) is 11.3 Å². The summed E-state index contributed by atoms with van der Waals surface area (Å²) in [5, 5.41) is 6.72. The lowest BCUT2D eigenvalue weighted by Gasteiger charge is -2.33. The van der Waals surface area contributed by atoms with E-state index in [1.807, 2.05) is 54.0 Å². The summed E-state index contributed by atoms with van der Waals surface area (Å²) in [5.41, 5.74) is 3.89. The summed E-state index contributed by atoms with van der Waals surface area (Å²) in [6.45, 7) is 7.90. The minimum atomic E-state index is 0.517. The third-order valence-electron chi connectivity index (χ3n) is 5.55. The van der Waals surface area contributed by atoms with Crippen molar-refractivity contribution in [2.75, 3.05) is 48.8 Å². The predicted octanol–water partition coefficient (Wildman–Crippen LogP) is 3.38. The van der Waals surface area contributed by atoms with Gasteiger partial charge in [0.1, 0.15) is 23.1 Å². The summed E-state index contributed by atoms with van der Waals surface area (Å²) in [6, 6.07) is 10.0. The van der Waals surface area contributed by atoms with Crippen LogP contribution < -0.4 is 15.5 Å². The minimum Gasteiger partial charge on any atom is -0.354 e. The fourth-order valence-electron chi connectivity index (χ4n) is 3.91. The quantitative estimate of drug-likeness (QED) is 0.499. The molecule has 5 heterocycles. The van der Waals surface area contributed by atoms with Gasteiger partial charge in [0.25, 0.3) is 0 Å². The number of nitrogens with zero attached hydrogens (tertiary/aromatic N) is 7. The van der Waals surface area contributed by atoms with Crippen molar-refractivity contribution in [3.8, 4) is 0 Å². The molecule has 164 valence electrons. The van der Waals surface area contributed by atoms with E-state index in [1.165, 1.54) is 0 Å². The summed E-state index contributed by atoms with van der Waals surface area (Å²) in [6.07, 6.45) is 5.69. The molecule has 1 saturated heterocycles. The van der Waals surface area contributed by atoms with Gasteiger partial charge in [-0.3, -0.25) is 0 Å². The molecule has 0 saturated carbocycles. The highest BCUT2D eigenvalue weighted by molar-refractivity contribution is 5.65. The topological polar surface area (TPSA) is 86.5 Å². The number of anilines is 5. The zero-order chi connectivity index (χ0) is 22.1. The Kier molecular flexibility index (Phi) is 5.32. The second-order valence-electron chi connectivity index (χ2n) is 8.25. The first-order valence-corrected chi connectivity index (χ1v) is 10.8. The molecule has 4 aromatic rings. The molecule has 0 atom stereocenters. The van der Waals surface area contributed by atoms with E-state index in [4.69, 9.17) is 9.97 Å². The van der Waals surface area contributed by atoms with Crippen LogP contribution in [0.5, 0.6) is 0 Å². The Morgan fingerprint density at radius 1 is 0.844 bits per heavy atom. The van der Waals surface area contributed by atoms with Crippen molar-refractivity contribution in [1.29, 1.82) is 0 Å². The van der Waals surface area contributed by atoms with Gasteiger partial charge in [0.2, 0.25) is 5.95 Å². The van der Waals surface area contributed by atoms with E-state index >= 15 is 0 Å². The zero-order valence-electron chi connectivity index (χ0n) is 18.6. The number of likely N-dealkylation sites (N-methyl/N-ethyl adjacent to an activating group) is 1. The molecule has 5 rings (SSSR count). The van der Waals surface area contributed by atoms with E-state index in [-0.39, 0.29) is 0 Å². The van der Waals surface area contributed by atoms with E-state index in [0.29, 0.717) is 5.95 Å². The van der Waals surface area contributed by atoms with Crippen LogP contribution in [0.25, 0.3) is 5.65 Å². The molecule has 32 heavy (non-hydrogen) atoms. The molecule has 0 amide bonds. The molecule has 0 unspecified atom stereocenters. The van der Waals surface area contributed by atoms with Crippen LogP contribution in [-0.2, 0) is 0 Å². The van der Waals surface area contributed by atoms with Crippen LogP contribution in [0.2, 0.25) is 0 Å². The zero-order valence-corrected chi connectivity index (χ0v) is 18.6. The smallest absolute Gasteiger partial charge is 0.232 e. The number of aryl methyl sites for hydroxylation is 2. The SMILES string of the molecule is Cc1cc(C)nc(Nc2nc(Nc3ccn4ccnc4c3)cc(N3CCN(C)CC3)n2)c1. The first-order chi connectivity index (χ1) is 15.5. The van der Waals surface area contributed by atoms with Crippen LogP contribution in [0.15, 0.2) is 48.9 Å². The summed E-state index contributed by atoms with van der Waals surface area (Å²) in [7, 11) is 2.15. The van der Waals surface area contributed by atoms with Gasteiger partial charge in [0.15, 0.2) is 0 Å². The molecular formula is C23H27N9. The van der Waals surface area contributed by atoms with Crippen LogP contribution in [0.4, 0.5) is 29.1 Å². The van der Waals surface area contributed by atoms with Crippen LogP contribution >= 0.6 is 0 Å². The van der Waals surface area contributed by atoms with Crippen LogP contribution in [0.3, 0.4) is 0 Å². The van der Waals surface area contributed by atoms with Gasteiger partial charge in [-0.15, -0.1) is 0 Å². The summed E-state index contributed by atoms with van der Waals surface area (Å²) in [5.74, 6) is 2.87. The van der Waals surface area contributed by atoms with Crippen LogP contribution in [-0.4, -0.2) is 62.5 Å². The third-order valence-corrected chi connectivity index (χ3v) is 5.55. The molecule has 2 N–H and O–H groups in total. The van der Waals surface area contributed by atoms with Gasteiger partial charge >= 0.3 is 0 Å². The number of hydrogen-bond acceptors (Lipinski definition) is 8. The van der Waals surface area contributed by atoms with Gasteiger partial charge in [-0.25, -0.2) is 9.97 Å². The summed E-state index contributed by atoms with van der Waals surface area (Å²) < 4.78 is 1.97. The maximum atomic E-state index is 4.81. The Balaban J connectivity index is 1.47. The molecule has 0 spiro atoms. The largest absolute Gasteiger partial charge is 0.354 e. The van der Waals surface area contributed by atoms with Crippen LogP contribution in [0, 0.1) is 13.8 Å². The van der Waals surface area contributed by atoms with Gasteiger partial charge in [-0.05, 0) is 44.7 Å². The van der Waals surface area contributed by atoms with E-state index in [1.54, 1.807) is 6.20 Å². The number of aromatic nitrogens is 5. The molecule has 1 fully saturated rings. The molecule has 1 aliphatic rings. The standard InChI is InChI=1S/C23H27N9/c1-16-12-17(2)25-19(13-16)27-23-28-20(15-22(29-23)32-10-8-30(3)9-11-32)26-18-4-6-31-7-5-24-21(31)14-18/h4-7,12-15H,8-11H2,1-3H3,(H2,25,26,27,28,29). The van der Waals surface area contributed by atoms with Crippen molar-refractivity contribution >= 4 is 34.7 Å². The molecular weight excluding hydrogens is 402 g/mol. The van der Waals surface area contributed by atoms with Gasteiger partial charge in [0, 0.05) is 68.3 Å². The van der Waals surface area contributed by atoms with E-state index in [0.717, 1.165) is 66.2 Å². The number of hydrogen-bond donors (Lipinski definition) is 2. The lowest BCUT2D eigenvalue weighted by atomic mass is 10.2. The molecule has 1 aliphatic heterocycles.